The predicted molar refractivity (Wildman–Crippen MR) is 121 cm³/mol. The van der Waals surface area contributed by atoms with Crippen LogP contribution in [-0.4, -0.2) is 28.0 Å². The molecule has 3 rings (SSSR count). The average Bonchev–Trinajstić information content (AvgIpc) is 2.74. The van der Waals surface area contributed by atoms with Gasteiger partial charge >= 0.3 is 5.97 Å². The molecule has 0 spiro atoms. The lowest BCUT2D eigenvalue weighted by Crippen LogP contribution is -2.26. The maximum atomic E-state index is 12.9. The molecule has 0 atom stereocenters. The quantitative estimate of drug-likeness (QED) is 0.376. The molecule has 0 aliphatic heterocycles. The number of hydrogen-bond acceptors (Lipinski definition) is 5. The standard InChI is InChI=1S/C23H22ClNO5S/c1-16-7-12-22(13-17(16)2)31(27,28)25(3)19-8-10-20(11-9-19)30-23(26)15-29-21-6-4-5-18(24)14-21/h4-14H,15H2,1-3H3. The number of aryl methyl sites for hydroxylation is 2. The molecule has 0 aromatic heterocycles. The van der Waals surface area contributed by atoms with Crippen molar-refractivity contribution in [2.24, 2.45) is 0 Å². The van der Waals surface area contributed by atoms with Crippen LogP contribution in [0.4, 0.5) is 5.69 Å². The fraction of sp³-hybridized carbons (Fsp3) is 0.174. The third-order valence-corrected chi connectivity index (χ3v) is 6.74. The molecule has 0 N–H and O–H groups in total. The van der Waals surface area contributed by atoms with Gasteiger partial charge in [-0.2, -0.15) is 0 Å². The lowest BCUT2D eigenvalue weighted by atomic mass is 10.1. The highest BCUT2D eigenvalue weighted by atomic mass is 35.5. The van der Waals surface area contributed by atoms with Crippen molar-refractivity contribution in [1.82, 2.24) is 0 Å². The topological polar surface area (TPSA) is 72.9 Å². The van der Waals surface area contributed by atoms with Crippen molar-refractivity contribution in [1.29, 1.82) is 0 Å². The molecule has 6 nitrogen and oxygen atoms in total. The summed E-state index contributed by atoms with van der Waals surface area (Å²) in [4.78, 5) is 12.2. The molecule has 0 saturated carbocycles. The van der Waals surface area contributed by atoms with Crippen LogP contribution in [0.5, 0.6) is 11.5 Å². The first-order valence-corrected chi connectivity index (χ1v) is 11.2. The van der Waals surface area contributed by atoms with Crippen molar-refractivity contribution >= 4 is 33.3 Å². The van der Waals surface area contributed by atoms with E-state index in [2.05, 4.69) is 0 Å². The normalized spacial score (nSPS) is 11.1. The van der Waals surface area contributed by atoms with Gasteiger partial charge in [-0.25, -0.2) is 13.2 Å². The van der Waals surface area contributed by atoms with Crippen LogP contribution in [-0.2, 0) is 14.8 Å². The highest BCUT2D eigenvalue weighted by molar-refractivity contribution is 7.92. The van der Waals surface area contributed by atoms with Gasteiger partial charge in [0.05, 0.1) is 10.6 Å². The number of halogens is 1. The zero-order valence-electron chi connectivity index (χ0n) is 17.3. The molecular weight excluding hydrogens is 438 g/mol. The van der Waals surface area contributed by atoms with E-state index in [9.17, 15) is 13.2 Å². The molecule has 31 heavy (non-hydrogen) atoms. The number of hydrogen-bond donors (Lipinski definition) is 0. The summed E-state index contributed by atoms with van der Waals surface area (Å²) in [6.07, 6.45) is 0. The summed E-state index contributed by atoms with van der Waals surface area (Å²) in [5.41, 5.74) is 2.36. The van der Waals surface area contributed by atoms with Crippen LogP contribution in [0.15, 0.2) is 71.6 Å². The number of anilines is 1. The van der Waals surface area contributed by atoms with Crippen LogP contribution in [0.3, 0.4) is 0 Å². The first-order chi connectivity index (χ1) is 14.7. The summed E-state index contributed by atoms with van der Waals surface area (Å²) >= 11 is 5.87. The van der Waals surface area contributed by atoms with Gasteiger partial charge in [0, 0.05) is 12.1 Å². The first kappa shape index (κ1) is 22.7. The number of nitrogens with zero attached hydrogens (tertiary/aromatic N) is 1. The molecule has 0 amide bonds. The zero-order chi connectivity index (χ0) is 22.6. The molecule has 0 aliphatic carbocycles. The minimum absolute atomic E-state index is 0.215. The molecular formula is C23H22ClNO5S. The molecule has 3 aromatic carbocycles. The molecule has 0 heterocycles. The van der Waals surface area contributed by atoms with E-state index in [0.29, 0.717) is 16.5 Å². The van der Waals surface area contributed by atoms with Gasteiger partial charge in [0.15, 0.2) is 6.61 Å². The Morgan fingerprint density at radius 2 is 1.65 bits per heavy atom. The van der Waals surface area contributed by atoms with Crippen LogP contribution in [0.1, 0.15) is 11.1 Å². The Kier molecular flexibility index (Phi) is 6.87. The Morgan fingerprint density at radius 1 is 0.935 bits per heavy atom. The third kappa shape index (κ3) is 5.57. The lowest BCUT2D eigenvalue weighted by Gasteiger charge is -2.20. The van der Waals surface area contributed by atoms with Crippen LogP contribution < -0.4 is 13.8 Å². The Labute approximate surface area is 187 Å². The fourth-order valence-electron chi connectivity index (χ4n) is 2.76. The van der Waals surface area contributed by atoms with E-state index in [-0.39, 0.29) is 17.3 Å². The van der Waals surface area contributed by atoms with Crippen molar-refractivity contribution in [2.45, 2.75) is 18.7 Å². The van der Waals surface area contributed by atoms with Gasteiger partial charge in [0.2, 0.25) is 0 Å². The Bertz CT molecular complexity index is 1190. The molecule has 0 saturated heterocycles. The van der Waals surface area contributed by atoms with Gasteiger partial charge in [-0.1, -0.05) is 23.7 Å². The summed E-state index contributed by atoms with van der Waals surface area (Å²) in [5.74, 6) is 0.141. The van der Waals surface area contributed by atoms with Crippen LogP contribution in [0, 0.1) is 13.8 Å². The SMILES string of the molecule is Cc1ccc(S(=O)(=O)N(C)c2ccc(OC(=O)COc3cccc(Cl)c3)cc2)cc1C. The van der Waals surface area contributed by atoms with E-state index in [0.717, 1.165) is 11.1 Å². The second kappa shape index (κ2) is 9.41. The number of carbonyl (C=O) groups excluding carboxylic acids is 1. The summed E-state index contributed by atoms with van der Waals surface area (Å²) in [6.45, 7) is 3.51. The summed E-state index contributed by atoms with van der Waals surface area (Å²) in [7, 11) is -2.24. The van der Waals surface area contributed by atoms with Gasteiger partial charge in [-0.15, -0.1) is 0 Å². The summed E-state index contributed by atoms with van der Waals surface area (Å²) < 4.78 is 37.6. The maximum absolute atomic E-state index is 12.9. The van der Waals surface area contributed by atoms with Gasteiger partial charge in [-0.3, -0.25) is 4.31 Å². The maximum Gasteiger partial charge on any atom is 0.349 e. The Morgan fingerprint density at radius 3 is 2.29 bits per heavy atom. The van der Waals surface area contributed by atoms with E-state index < -0.39 is 16.0 Å². The zero-order valence-corrected chi connectivity index (χ0v) is 18.9. The van der Waals surface area contributed by atoms with Crippen molar-refractivity contribution in [3.05, 3.63) is 82.9 Å². The molecule has 8 heteroatoms. The molecule has 0 bridgehead atoms. The second-order valence-electron chi connectivity index (χ2n) is 6.93. The summed E-state index contributed by atoms with van der Waals surface area (Å²) in [5, 5.41) is 0.501. The monoisotopic (exact) mass is 459 g/mol. The first-order valence-electron chi connectivity index (χ1n) is 9.42. The third-order valence-electron chi connectivity index (χ3n) is 4.72. The smallest absolute Gasteiger partial charge is 0.349 e. The minimum Gasteiger partial charge on any atom is -0.482 e. The number of carbonyl (C=O) groups is 1. The second-order valence-corrected chi connectivity index (χ2v) is 9.34. The number of benzene rings is 3. The van der Waals surface area contributed by atoms with Crippen molar-refractivity contribution < 1.29 is 22.7 Å². The van der Waals surface area contributed by atoms with E-state index in [1.165, 1.54) is 23.5 Å². The van der Waals surface area contributed by atoms with Crippen LogP contribution >= 0.6 is 11.6 Å². The number of sulfonamides is 1. The van der Waals surface area contributed by atoms with E-state index in [4.69, 9.17) is 21.1 Å². The molecule has 0 aliphatic rings. The van der Waals surface area contributed by atoms with Crippen molar-refractivity contribution in [3.8, 4) is 11.5 Å². The Balaban J connectivity index is 1.64. The van der Waals surface area contributed by atoms with Crippen molar-refractivity contribution in [3.63, 3.8) is 0 Å². The lowest BCUT2D eigenvalue weighted by molar-refractivity contribution is -0.136. The van der Waals surface area contributed by atoms with Gasteiger partial charge in [0.1, 0.15) is 11.5 Å². The molecule has 0 unspecified atom stereocenters. The van der Waals surface area contributed by atoms with Gasteiger partial charge < -0.3 is 9.47 Å². The largest absolute Gasteiger partial charge is 0.482 e. The fourth-order valence-corrected chi connectivity index (χ4v) is 4.22. The number of rotatable bonds is 7. The highest BCUT2D eigenvalue weighted by Gasteiger charge is 2.22. The highest BCUT2D eigenvalue weighted by Crippen LogP contribution is 2.25. The van der Waals surface area contributed by atoms with Crippen LogP contribution in [0.25, 0.3) is 0 Å². The van der Waals surface area contributed by atoms with Gasteiger partial charge in [-0.05, 0) is 79.6 Å². The molecule has 3 aromatic rings. The Hall–Kier alpha value is -3.03. The average molecular weight is 460 g/mol. The van der Waals surface area contributed by atoms with Crippen LogP contribution in [0.2, 0.25) is 5.02 Å². The molecule has 0 radical (unpaired) electrons. The van der Waals surface area contributed by atoms with E-state index in [1.807, 2.05) is 13.8 Å². The summed E-state index contributed by atoms with van der Waals surface area (Å²) in [6, 6.07) is 17.9. The van der Waals surface area contributed by atoms with Crippen molar-refractivity contribution in [2.75, 3.05) is 18.0 Å². The van der Waals surface area contributed by atoms with Gasteiger partial charge in [0.25, 0.3) is 10.0 Å². The van der Waals surface area contributed by atoms with E-state index >= 15 is 0 Å². The molecule has 162 valence electrons. The predicted octanol–water partition coefficient (Wildman–Crippen LogP) is 4.77. The van der Waals surface area contributed by atoms with E-state index in [1.54, 1.807) is 54.6 Å². The minimum atomic E-state index is -3.72. The number of ether oxygens (including phenoxy) is 2. The molecule has 0 fully saturated rings. The number of esters is 1.